The fraction of sp³-hybridized carbons (Fsp3) is 0.208. The zero-order valence-corrected chi connectivity index (χ0v) is 16.7. The molecule has 1 aromatic heterocycles. The number of aromatic nitrogens is 1. The number of hydrogen-bond acceptors (Lipinski definition) is 4. The Morgan fingerprint density at radius 2 is 1.84 bits per heavy atom. The number of alkyl halides is 3. The van der Waals surface area contributed by atoms with Crippen molar-refractivity contribution in [1.82, 2.24) is 4.98 Å². The standard InChI is InChI=1S/C24H17F4NO3/c25-20-2-1-9-29-23(20)19(14-5-7-17(8-6-14)24(26,27)28)12-21(31)15-3-4-16-10-18(30)13-32-22(16)11-15/h1-9,11,19H,10,12-13H2/t19-/m0/s1. The van der Waals surface area contributed by atoms with Crippen LogP contribution in [0.1, 0.15) is 45.1 Å². The van der Waals surface area contributed by atoms with Gasteiger partial charge in [0.2, 0.25) is 0 Å². The number of carbonyl (C=O) groups is 2. The average Bonchev–Trinajstić information content (AvgIpc) is 2.77. The van der Waals surface area contributed by atoms with Gasteiger partial charge in [0.15, 0.2) is 11.6 Å². The van der Waals surface area contributed by atoms with Gasteiger partial charge in [0.1, 0.15) is 18.2 Å². The third kappa shape index (κ3) is 4.54. The number of rotatable bonds is 5. The third-order valence-electron chi connectivity index (χ3n) is 5.31. The molecule has 4 rings (SSSR count). The van der Waals surface area contributed by atoms with Crippen LogP contribution in [0.3, 0.4) is 0 Å². The molecular weight excluding hydrogens is 426 g/mol. The summed E-state index contributed by atoms with van der Waals surface area (Å²) in [5.74, 6) is -1.53. The van der Waals surface area contributed by atoms with Crippen molar-refractivity contribution in [2.75, 3.05) is 6.61 Å². The molecule has 3 aromatic rings. The van der Waals surface area contributed by atoms with Crippen LogP contribution >= 0.6 is 0 Å². The van der Waals surface area contributed by atoms with Gasteiger partial charge >= 0.3 is 6.18 Å². The molecule has 1 atom stereocenters. The maximum atomic E-state index is 14.5. The minimum atomic E-state index is -4.51. The molecule has 0 saturated carbocycles. The van der Waals surface area contributed by atoms with Crippen LogP contribution in [-0.4, -0.2) is 23.2 Å². The highest BCUT2D eigenvalue weighted by Gasteiger charge is 2.31. The van der Waals surface area contributed by atoms with Crippen LogP contribution in [0.5, 0.6) is 5.75 Å². The number of nitrogens with zero attached hydrogens (tertiary/aromatic N) is 1. The topological polar surface area (TPSA) is 56.3 Å². The summed E-state index contributed by atoms with van der Waals surface area (Å²) in [5.41, 5.74) is 0.442. The van der Waals surface area contributed by atoms with Gasteiger partial charge in [0.05, 0.1) is 11.3 Å². The van der Waals surface area contributed by atoms with E-state index in [1.807, 2.05) is 0 Å². The Morgan fingerprint density at radius 1 is 1.09 bits per heavy atom. The Morgan fingerprint density at radius 3 is 2.53 bits per heavy atom. The third-order valence-corrected chi connectivity index (χ3v) is 5.31. The van der Waals surface area contributed by atoms with E-state index in [1.54, 1.807) is 12.1 Å². The highest BCUT2D eigenvalue weighted by atomic mass is 19.4. The van der Waals surface area contributed by atoms with Crippen molar-refractivity contribution in [3.63, 3.8) is 0 Å². The molecule has 0 spiro atoms. The molecule has 0 bridgehead atoms. The lowest BCUT2D eigenvalue weighted by Gasteiger charge is -2.19. The van der Waals surface area contributed by atoms with Crippen LogP contribution in [0.2, 0.25) is 0 Å². The van der Waals surface area contributed by atoms with Crippen LogP contribution in [0.4, 0.5) is 17.6 Å². The smallest absolute Gasteiger partial charge is 0.416 e. The molecule has 4 nitrogen and oxygen atoms in total. The van der Waals surface area contributed by atoms with Crippen LogP contribution in [0.25, 0.3) is 0 Å². The summed E-state index contributed by atoms with van der Waals surface area (Å²) in [6, 6.07) is 11.6. The number of ketones is 2. The van der Waals surface area contributed by atoms with E-state index >= 15 is 0 Å². The first kappa shape index (κ1) is 21.7. The van der Waals surface area contributed by atoms with Gasteiger partial charge in [-0.25, -0.2) is 4.39 Å². The van der Waals surface area contributed by atoms with Crippen LogP contribution in [0.15, 0.2) is 60.8 Å². The Kier molecular flexibility index (Phi) is 5.78. The SMILES string of the molecule is O=C1COc2cc(C(=O)C[C@@H](c3ccc(C(F)(F)F)cc3)c3ncccc3F)ccc2C1. The average molecular weight is 443 g/mol. The van der Waals surface area contributed by atoms with Crippen molar-refractivity contribution in [3.05, 3.63) is 94.6 Å². The van der Waals surface area contributed by atoms with Gasteiger partial charge in [-0.05, 0) is 35.9 Å². The predicted molar refractivity (Wildman–Crippen MR) is 107 cm³/mol. The molecule has 0 fully saturated rings. The second-order valence-electron chi connectivity index (χ2n) is 7.50. The summed E-state index contributed by atoms with van der Waals surface area (Å²) >= 11 is 0. The zero-order valence-electron chi connectivity index (χ0n) is 16.7. The maximum absolute atomic E-state index is 14.5. The summed E-state index contributed by atoms with van der Waals surface area (Å²) in [4.78, 5) is 28.6. The lowest BCUT2D eigenvalue weighted by atomic mass is 9.87. The van der Waals surface area contributed by atoms with Crippen LogP contribution < -0.4 is 4.74 Å². The molecule has 1 aliphatic heterocycles. The van der Waals surface area contributed by atoms with E-state index in [9.17, 15) is 27.2 Å². The number of Topliss-reactive ketones (excluding diaryl/α,β-unsaturated/α-hetero) is 2. The van der Waals surface area contributed by atoms with E-state index < -0.39 is 23.5 Å². The predicted octanol–water partition coefficient (Wildman–Crippen LogP) is 5.15. The maximum Gasteiger partial charge on any atom is 0.416 e. The van der Waals surface area contributed by atoms with E-state index in [-0.39, 0.29) is 36.7 Å². The quantitative estimate of drug-likeness (QED) is 0.404. The van der Waals surface area contributed by atoms with Crippen molar-refractivity contribution in [2.24, 2.45) is 0 Å². The first-order valence-corrected chi connectivity index (χ1v) is 9.80. The van der Waals surface area contributed by atoms with Crippen molar-refractivity contribution < 1.29 is 31.9 Å². The van der Waals surface area contributed by atoms with Gasteiger partial charge < -0.3 is 4.74 Å². The number of hydrogen-bond donors (Lipinski definition) is 0. The molecule has 0 saturated heterocycles. The minimum absolute atomic E-state index is 0.0274. The number of carbonyl (C=O) groups excluding carboxylic acids is 2. The summed E-state index contributed by atoms with van der Waals surface area (Å²) < 4.78 is 58.7. The number of ether oxygens (including phenoxy) is 1. The molecule has 0 unspecified atom stereocenters. The number of fused-ring (bicyclic) bond motifs is 1. The van der Waals surface area contributed by atoms with Gasteiger partial charge in [-0.15, -0.1) is 0 Å². The van der Waals surface area contributed by atoms with Crippen LogP contribution in [0, 0.1) is 5.82 Å². The van der Waals surface area contributed by atoms with Crippen molar-refractivity contribution in [1.29, 1.82) is 0 Å². The molecule has 8 heteroatoms. The summed E-state index contributed by atoms with van der Waals surface area (Å²) in [6.45, 7) is -0.0715. The first-order valence-electron chi connectivity index (χ1n) is 9.80. The van der Waals surface area contributed by atoms with Gasteiger partial charge in [0.25, 0.3) is 0 Å². The Hall–Kier alpha value is -3.55. The largest absolute Gasteiger partial charge is 0.486 e. The number of pyridine rings is 1. The molecular formula is C24H17F4NO3. The Labute approximate surface area is 180 Å². The van der Waals surface area contributed by atoms with Crippen molar-refractivity contribution >= 4 is 11.6 Å². The fourth-order valence-electron chi connectivity index (χ4n) is 3.66. The van der Waals surface area contributed by atoms with Gasteiger partial charge in [0, 0.05) is 36.1 Å². The summed E-state index contributed by atoms with van der Waals surface area (Å²) in [6.07, 6.45) is -3.14. The molecule has 0 radical (unpaired) electrons. The molecule has 0 aliphatic carbocycles. The lowest BCUT2D eigenvalue weighted by molar-refractivity contribution is -0.137. The van der Waals surface area contributed by atoms with Crippen LogP contribution in [-0.2, 0) is 17.4 Å². The Balaban J connectivity index is 1.66. The second-order valence-corrected chi connectivity index (χ2v) is 7.50. The number of benzene rings is 2. The van der Waals surface area contributed by atoms with Gasteiger partial charge in [-0.3, -0.25) is 14.6 Å². The van der Waals surface area contributed by atoms with Crippen molar-refractivity contribution in [3.8, 4) is 5.75 Å². The molecule has 0 amide bonds. The van der Waals surface area contributed by atoms with Crippen molar-refractivity contribution in [2.45, 2.75) is 24.9 Å². The highest BCUT2D eigenvalue weighted by Crippen LogP contribution is 2.34. The molecule has 32 heavy (non-hydrogen) atoms. The molecule has 2 heterocycles. The summed E-state index contributed by atoms with van der Waals surface area (Å²) in [5, 5.41) is 0. The fourth-order valence-corrected chi connectivity index (χ4v) is 3.66. The van der Waals surface area contributed by atoms with E-state index in [4.69, 9.17) is 4.74 Å². The van der Waals surface area contributed by atoms with Gasteiger partial charge in [-0.2, -0.15) is 13.2 Å². The molecule has 164 valence electrons. The molecule has 0 N–H and O–H groups in total. The summed E-state index contributed by atoms with van der Waals surface area (Å²) in [7, 11) is 0. The molecule has 1 aliphatic rings. The zero-order chi connectivity index (χ0) is 22.9. The normalized spacial score (nSPS) is 14.4. The Bertz CT molecular complexity index is 1170. The minimum Gasteiger partial charge on any atom is -0.486 e. The second kappa shape index (κ2) is 8.53. The van der Waals surface area contributed by atoms with Gasteiger partial charge in [-0.1, -0.05) is 24.3 Å². The van der Waals surface area contributed by atoms with E-state index in [1.165, 1.54) is 36.5 Å². The first-order chi connectivity index (χ1) is 15.2. The lowest BCUT2D eigenvalue weighted by Crippen LogP contribution is -2.20. The monoisotopic (exact) mass is 443 g/mol. The number of halogens is 4. The molecule has 2 aromatic carbocycles. The van der Waals surface area contributed by atoms with E-state index in [0.29, 0.717) is 22.4 Å². The highest BCUT2D eigenvalue weighted by molar-refractivity contribution is 5.97. The van der Waals surface area contributed by atoms with E-state index in [2.05, 4.69) is 4.98 Å². The van der Waals surface area contributed by atoms with E-state index in [0.717, 1.165) is 12.1 Å².